The molecule has 0 radical (unpaired) electrons. The summed E-state index contributed by atoms with van der Waals surface area (Å²) in [5.74, 6) is 0.852. The second kappa shape index (κ2) is 8.75. The van der Waals surface area contributed by atoms with E-state index in [0.29, 0.717) is 45.0 Å². The number of halogens is 3. The van der Waals surface area contributed by atoms with Crippen molar-refractivity contribution < 1.29 is 22.7 Å². The second-order valence-corrected chi connectivity index (χ2v) is 9.04. The zero-order chi connectivity index (χ0) is 26.6. The van der Waals surface area contributed by atoms with E-state index in [-0.39, 0.29) is 17.5 Å². The molecule has 0 atom stereocenters. The van der Waals surface area contributed by atoms with Crippen LogP contribution in [0.3, 0.4) is 0 Å². The number of benzene rings is 1. The van der Waals surface area contributed by atoms with Gasteiger partial charge in [0.05, 0.1) is 30.1 Å². The van der Waals surface area contributed by atoms with Gasteiger partial charge in [-0.25, -0.2) is 24.9 Å². The lowest BCUT2D eigenvalue weighted by molar-refractivity contribution is -0.140. The van der Waals surface area contributed by atoms with Crippen LogP contribution >= 0.6 is 0 Å². The fourth-order valence-corrected chi connectivity index (χ4v) is 4.42. The van der Waals surface area contributed by atoms with Crippen molar-refractivity contribution in [2.45, 2.75) is 24.9 Å². The molecular formula is C26H20F3N7O2. The van der Waals surface area contributed by atoms with Gasteiger partial charge in [-0.3, -0.25) is 4.79 Å². The van der Waals surface area contributed by atoms with E-state index in [4.69, 9.17) is 9.72 Å². The van der Waals surface area contributed by atoms with Gasteiger partial charge in [0, 0.05) is 36.5 Å². The minimum Gasteiger partial charge on any atom is -0.480 e. The van der Waals surface area contributed by atoms with E-state index in [0.717, 1.165) is 24.7 Å². The highest BCUT2D eigenvalue weighted by Gasteiger charge is 2.35. The summed E-state index contributed by atoms with van der Waals surface area (Å²) in [5.41, 5.74) is 2.58. The number of rotatable bonds is 6. The third-order valence-electron chi connectivity index (χ3n) is 6.46. The number of nitrogens with zero attached hydrogens (tertiary/aromatic N) is 6. The van der Waals surface area contributed by atoms with Crippen LogP contribution in [-0.2, 0) is 13.2 Å². The molecule has 9 nitrogen and oxygen atoms in total. The maximum atomic E-state index is 13.4. The van der Waals surface area contributed by atoms with Crippen LogP contribution in [0.25, 0.3) is 33.8 Å². The molecule has 1 aromatic carbocycles. The number of carbonyl (C=O) groups excluding carboxylic acids is 1. The fourth-order valence-electron chi connectivity index (χ4n) is 4.42. The van der Waals surface area contributed by atoms with Gasteiger partial charge in [0.2, 0.25) is 5.88 Å². The number of ether oxygens (including phenoxy) is 1. The van der Waals surface area contributed by atoms with Gasteiger partial charge in [-0.05, 0) is 12.8 Å². The number of aromatic nitrogens is 7. The molecule has 0 saturated heterocycles. The number of fused-ring (bicyclic) bond motifs is 1. The van der Waals surface area contributed by atoms with E-state index in [1.807, 2.05) is 0 Å². The Morgan fingerprint density at radius 2 is 1.87 bits per heavy atom. The molecule has 12 heteroatoms. The molecule has 38 heavy (non-hydrogen) atoms. The summed E-state index contributed by atoms with van der Waals surface area (Å²) in [6.45, 7) is 0. The molecule has 0 amide bonds. The summed E-state index contributed by atoms with van der Waals surface area (Å²) in [4.78, 5) is 38.0. The fraction of sp³-hybridized carbons (Fsp3) is 0.231. The second-order valence-electron chi connectivity index (χ2n) is 9.04. The lowest BCUT2D eigenvalue weighted by Gasteiger charge is -2.10. The SMILES string of the molecule is COc1ncnc(C2CC2)c1-c1ncc2[nH]cc(C(=O)c3ccc(-c4nc(C(F)(F)F)cn4C)cc3)c2n1. The van der Waals surface area contributed by atoms with Crippen LogP contribution in [0.15, 0.2) is 49.2 Å². The van der Waals surface area contributed by atoms with Crippen LogP contribution in [0.4, 0.5) is 13.2 Å². The molecule has 6 rings (SSSR count). The van der Waals surface area contributed by atoms with Crippen LogP contribution < -0.4 is 4.74 Å². The molecule has 0 unspecified atom stereocenters. The Hall–Kier alpha value is -4.61. The van der Waals surface area contributed by atoms with Gasteiger partial charge in [-0.1, -0.05) is 24.3 Å². The lowest BCUT2D eigenvalue weighted by atomic mass is 10.0. The number of aromatic amines is 1. The Morgan fingerprint density at radius 3 is 2.53 bits per heavy atom. The van der Waals surface area contributed by atoms with Crippen molar-refractivity contribution in [2.75, 3.05) is 7.11 Å². The topological polar surface area (TPSA) is 111 Å². The standard InChI is InChI=1S/C26H20F3N7O2/c1-36-11-18(26(27,28)29)34-24(36)15-7-5-14(6-8-15)22(37)16-9-30-17-10-31-23(35-21(16)17)19-20(13-3-4-13)32-12-33-25(19)38-2/h5-13,30H,3-4H2,1-2H3. The molecular weight excluding hydrogens is 499 g/mol. The number of imidazole rings is 1. The Kier molecular flexibility index (Phi) is 5.47. The van der Waals surface area contributed by atoms with Crippen molar-refractivity contribution in [2.24, 2.45) is 7.05 Å². The number of aryl methyl sites for hydroxylation is 1. The van der Waals surface area contributed by atoms with Crippen molar-refractivity contribution in [3.8, 4) is 28.7 Å². The number of carbonyl (C=O) groups is 1. The largest absolute Gasteiger partial charge is 0.480 e. The average molecular weight is 519 g/mol. The normalized spacial score (nSPS) is 13.7. The van der Waals surface area contributed by atoms with Crippen molar-refractivity contribution in [1.82, 2.24) is 34.5 Å². The molecule has 1 fully saturated rings. The number of nitrogens with one attached hydrogen (secondary N) is 1. The van der Waals surface area contributed by atoms with Crippen molar-refractivity contribution in [1.29, 1.82) is 0 Å². The van der Waals surface area contributed by atoms with Crippen LogP contribution in [0, 0.1) is 0 Å². The summed E-state index contributed by atoms with van der Waals surface area (Å²) < 4.78 is 45.9. The first-order valence-electron chi connectivity index (χ1n) is 11.7. The van der Waals surface area contributed by atoms with Crippen molar-refractivity contribution in [3.63, 3.8) is 0 Å². The Balaban J connectivity index is 1.35. The predicted molar refractivity (Wildman–Crippen MR) is 131 cm³/mol. The van der Waals surface area contributed by atoms with E-state index in [1.165, 1.54) is 25.1 Å². The smallest absolute Gasteiger partial charge is 0.434 e. The molecule has 4 aromatic heterocycles. The summed E-state index contributed by atoms with van der Waals surface area (Å²) in [6.07, 6.45) is 3.02. The van der Waals surface area contributed by atoms with Gasteiger partial charge in [0.15, 0.2) is 17.3 Å². The maximum Gasteiger partial charge on any atom is 0.434 e. The van der Waals surface area contributed by atoms with E-state index < -0.39 is 11.9 Å². The Bertz CT molecular complexity index is 1690. The van der Waals surface area contributed by atoms with Crippen molar-refractivity contribution in [3.05, 3.63) is 71.7 Å². The quantitative estimate of drug-likeness (QED) is 0.316. The van der Waals surface area contributed by atoms with Gasteiger partial charge in [-0.2, -0.15) is 13.2 Å². The first-order valence-corrected chi connectivity index (χ1v) is 11.7. The van der Waals surface area contributed by atoms with Gasteiger partial charge in [0.1, 0.15) is 23.2 Å². The highest BCUT2D eigenvalue weighted by Crippen LogP contribution is 2.45. The molecule has 1 saturated carbocycles. The van der Waals surface area contributed by atoms with Crippen LogP contribution in [0.5, 0.6) is 5.88 Å². The molecule has 0 spiro atoms. The van der Waals surface area contributed by atoms with Crippen LogP contribution in [0.2, 0.25) is 0 Å². The van der Waals surface area contributed by atoms with Gasteiger partial charge in [-0.15, -0.1) is 0 Å². The van der Waals surface area contributed by atoms with Gasteiger partial charge in [0.25, 0.3) is 0 Å². The first-order chi connectivity index (χ1) is 18.2. The predicted octanol–water partition coefficient (Wildman–Crippen LogP) is 4.95. The van der Waals surface area contributed by atoms with E-state index >= 15 is 0 Å². The van der Waals surface area contributed by atoms with Gasteiger partial charge < -0.3 is 14.3 Å². The highest BCUT2D eigenvalue weighted by atomic mass is 19.4. The molecule has 5 aromatic rings. The molecule has 1 N–H and O–H groups in total. The lowest BCUT2D eigenvalue weighted by Crippen LogP contribution is -2.05. The summed E-state index contributed by atoms with van der Waals surface area (Å²) in [6, 6.07) is 6.25. The van der Waals surface area contributed by atoms with Crippen LogP contribution in [-0.4, -0.2) is 47.4 Å². The first kappa shape index (κ1) is 23.8. The van der Waals surface area contributed by atoms with Crippen LogP contribution in [0.1, 0.15) is 46.1 Å². The minimum absolute atomic E-state index is 0.145. The van der Waals surface area contributed by atoms with E-state index in [9.17, 15) is 18.0 Å². The molecule has 0 bridgehead atoms. The summed E-state index contributed by atoms with van der Waals surface area (Å²) >= 11 is 0. The Morgan fingerprint density at radius 1 is 1.11 bits per heavy atom. The molecule has 1 aliphatic rings. The average Bonchev–Trinajstić information content (AvgIpc) is 3.55. The zero-order valence-electron chi connectivity index (χ0n) is 20.2. The van der Waals surface area contributed by atoms with E-state index in [2.05, 4.69) is 24.9 Å². The maximum absolute atomic E-state index is 13.4. The Labute approximate surface area is 213 Å². The van der Waals surface area contributed by atoms with Crippen molar-refractivity contribution >= 4 is 16.8 Å². The molecule has 1 aliphatic carbocycles. The number of methoxy groups -OCH3 is 1. The summed E-state index contributed by atoms with van der Waals surface area (Å²) in [7, 11) is 3.01. The highest BCUT2D eigenvalue weighted by molar-refractivity contribution is 6.15. The monoisotopic (exact) mass is 519 g/mol. The van der Waals surface area contributed by atoms with E-state index in [1.54, 1.807) is 36.7 Å². The third kappa shape index (κ3) is 4.07. The number of hydrogen-bond donors (Lipinski definition) is 1. The molecule has 192 valence electrons. The third-order valence-corrected chi connectivity index (χ3v) is 6.46. The number of hydrogen-bond acceptors (Lipinski definition) is 7. The number of H-pyrrole nitrogens is 1. The number of alkyl halides is 3. The molecule has 4 heterocycles. The van der Waals surface area contributed by atoms with Gasteiger partial charge >= 0.3 is 6.18 Å². The summed E-state index contributed by atoms with van der Waals surface area (Å²) in [5, 5.41) is 0. The molecule has 0 aliphatic heterocycles. The number of ketones is 1. The zero-order valence-corrected chi connectivity index (χ0v) is 20.2. The minimum atomic E-state index is -4.54.